The van der Waals surface area contributed by atoms with Crippen molar-refractivity contribution in [3.63, 3.8) is 0 Å². The van der Waals surface area contributed by atoms with Crippen LogP contribution in [-0.4, -0.2) is 92.6 Å². The van der Waals surface area contributed by atoms with Crippen molar-refractivity contribution in [3.05, 3.63) is 70.2 Å². The number of β-amino-alcohol motifs (C(OH)–C–C–N with tert-alkyl or cyclic N) is 2. The van der Waals surface area contributed by atoms with Crippen LogP contribution in [0.25, 0.3) is 33.6 Å². The standard InChI is InChI=1S/C34H38Cl2N6O4/c1-19-13-41(17-29(19)43)15-27-33(45-3)39-25(11-37-27)23-9-5-7-21(31(23)35)22-8-6-10-24(32(22)36)26-12-38-28(34(40-26)46-4)16-42-14-20(2)30(44)18-42/h5-12,19-20,29-30,43-44H,13-18H2,1-4H3/t19-,20-,29-,30-/m0/s1. The first kappa shape index (κ1) is 32.6. The molecule has 2 aromatic carbocycles. The number of nitrogens with zero attached hydrogens (tertiary/aromatic N) is 6. The highest BCUT2D eigenvalue weighted by atomic mass is 35.5. The maximum Gasteiger partial charge on any atom is 0.237 e. The van der Waals surface area contributed by atoms with Crippen molar-refractivity contribution in [1.29, 1.82) is 0 Å². The van der Waals surface area contributed by atoms with Gasteiger partial charge >= 0.3 is 0 Å². The van der Waals surface area contributed by atoms with Crippen LogP contribution in [0.4, 0.5) is 0 Å². The van der Waals surface area contributed by atoms with E-state index in [-0.39, 0.29) is 24.0 Å². The average molecular weight is 666 g/mol. The molecular weight excluding hydrogens is 627 g/mol. The van der Waals surface area contributed by atoms with Gasteiger partial charge in [-0.1, -0.05) is 73.4 Å². The number of halogens is 2. The van der Waals surface area contributed by atoms with E-state index in [0.29, 0.717) is 81.9 Å². The molecule has 0 amide bonds. The molecule has 0 saturated carbocycles. The summed E-state index contributed by atoms with van der Waals surface area (Å²) in [5.41, 5.74) is 5.38. The number of methoxy groups -OCH3 is 2. The van der Waals surface area contributed by atoms with Crippen LogP contribution in [0.3, 0.4) is 0 Å². The van der Waals surface area contributed by atoms with Crippen molar-refractivity contribution in [3.8, 4) is 45.4 Å². The molecule has 6 rings (SSSR count). The fraction of sp³-hybridized carbons (Fsp3) is 0.412. The van der Waals surface area contributed by atoms with Crippen molar-refractivity contribution < 1.29 is 19.7 Å². The van der Waals surface area contributed by atoms with E-state index in [9.17, 15) is 10.2 Å². The predicted molar refractivity (Wildman–Crippen MR) is 178 cm³/mol. The first-order valence-electron chi connectivity index (χ1n) is 15.4. The quantitative estimate of drug-likeness (QED) is 0.247. The monoisotopic (exact) mass is 664 g/mol. The number of benzene rings is 2. The summed E-state index contributed by atoms with van der Waals surface area (Å²) in [5.74, 6) is 1.25. The Bertz CT molecular complexity index is 1580. The summed E-state index contributed by atoms with van der Waals surface area (Å²) in [5, 5.41) is 21.3. The molecule has 0 bridgehead atoms. The molecule has 46 heavy (non-hydrogen) atoms. The van der Waals surface area contributed by atoms with Crippen molar-refractivity contribution in [2.75, 3.05) is 40.4 Å². The summed E-state index contributed by atoms with van der Waals surface area (Å²) < 4.78 is 11.2. The van der Waals surface area contributed by atoms with E-state index in [4.69, 9.17) is 42.6 Å². The summed E-state index contributed by atoms with van der Waals surface area (Å²) in [6.07, 6.45) is 2.70. The van der Waals surface area contributed by atoms with Crippen molar-refractivity contribution in [2.45, 2.75) is 39.1 Å². The van der Waals surface area contributed by atoms with Gasteiger partial charge in [0.2, 0.25) is 11.8 Å². The Morgan fingerprint density at radius 2 is 1.07 bits per heavy atom. The van der Waals surface area contributed by atoms with Gasteiger partial charge in [-0.2, -0.15) is 0 Å². The summed E-state index contributed by atoms with van der Waals surface area (Å²) in [7, 11) is 3.15. The molecule has 2 aliphatic heterocycles. The van der Waals surface area contributed by atoms with Crippen molar-refractivity contribution in [2.24, 2.45) is 11.8 Å². The number of hydrogen-bond donors (Lipinski definition) is 2. The molecule has 2 aromatic heterocycles. The summed E-state index contributed by atoms with van der Waals surface area (Å²) in [4.78, 5) is 23.2. The van der Waals surface area contributed by atoms with Crippen LogP contribution in [0.2, 0.25) is 10.0 Å². The van der Waals surface area contributed by atoms with Gasteiger partial charge in [0.15, 0.2) is 0 Å². The summed E-state index contributed by atoms with van der Waals surface area (Å²) >= 11 is 14.1. The second-order valence-electron chi connectivity index (χ2n) is 12.2. The minimum atomic E-state index is -0.349. The molecule has 10 nitrogen and oxygen atoms in total. The molecule has 2 aliphatic rings. The smallest absolute Gasteiger partial charge is 0.237 e. The lowest BCUT2D eigenvalue weighted by Gasteiger charge is -2.17. The topological polar surface area (TPSA) is 117 Å². The normalized spacial score (nSPS) is 22.0. The number of rotatable bonds is 9. The van der Waals surface area contributed by atoms with Gasteiger partial charge in [0.25, 0.3) is 0 Å². The minimum absolute atomic E-state index is 0.207. The van der Waals surface area contributed by atoms with E-state index in [1.807, 2.05) is 50.2 Å². The maximum atomic E-state index is 10.2. The molecule has 2 N–H and O–H groups in total. The molecule has 242 valence electrons. The van der Waals surface area contributed by atoms with Gasteiger partial charge in [0.05, 0.1) is 60.3 Å². The second-order valence-corrected chi connectivity index (χ2v) is 13.0. The number of hydrogen-bond acceptors (Lipinski definition) is 10. The third kappa shape index (κ3) is 6.56. The second kappa shape index (κ2) is 13.8. The highest BCUT2D eigenvalue weighted by Crippen LogP contribution is 2.42. The van der Waals surface area contributed by atoms with Crippen LogP contribution < -0.4 is 9.47 Å². The van der Waals surface area contributed by atoms with E-state index < -0.39 is 0 Å². The van der Waals surface area contributed by atoms with Gasteiger partial charge in [-0.05, 0) is 11.8 Å². The summed E-state index contributed by atoms with van der Waals surface area (Å²) in [6, 6.07) is 11.4. The maximum absolute atomic E-state index is 10.2. The van der Waals surface area contributed by atoms with Crippen LogP contribution >= 0.6 is 23.2 Å². The molecule has 0 aliphatic carbocycles. The third-order valence-electron chi connectivity index (χ3n) is 8.89. The van der Waals surface area contributed by atoms with Crippen LogP contribution in [0, 0.1) is 11.8 Å². The van der Waals surface area contributed by atoms with Crippen LogP contribution in [0.5, 0.6) is 11.8 Å². The number of likely N-dealkylation sites (tertiary alicyclic amines) is 2. The van der Waals surface area contributed by atoms with Crippen molar-refractivity contribution in [1.82, 2.24) is 29.7 Å². The van der Waals surface area contributed by atoms with Gasteiger partial charge in [-0.15, -0.1) is 0 Å². The first-order valence-corrected chi connectivity index (χ1v) is 16.1. The van der Waals surface area contributed by atoms with Crippen LogP contribution in [0.1, 0.15) is 25.2 Å². The molecule has 0 spiro atoms. The molecule has 12 heteroatoms. The van der Waals surface area contributed by atoms with Gasteiger partial charge in [-0.3, -0.25) is 19.8 Å². The number of aliphatic hydroxyl groups is 2. The Labute approximate surface area is 279 Å². The Kier molecular flexibility index (Phi) is 9.75. The zero-order valence-electron chi connectivity index (χ0n) is 26.3. The predicted octanol–water partition coefficient (Wildman–Crippen LogP) is 5.22. The van der Waals surface area contributed by atoms with Crippen LogP contribution in [-0.2, 0) is 13.1 Å². The molecule has 2 fully saturated rings. The van der Waals surface area contributed by atoms with E-state index in [2.05, 4.69) is 19.8 Å². The average Bonchev–Trinajstić information content (AvgIpc) is 3.54. The van der Waals surface area contributed by atoms with Crippen molar-refractivity contribution >= 4 is 23.2 Å². The molecule has 4 heterocycles. The van der Waals surface area contributed by atoms with Gasteiger partial charge < -0.3 is 19.7 Å². The lowest BCUT2D eigenvalue weighted by atomic mass is 9.98. The Morgan fingerprint density at radius 3 is 1.41 bits per heavy atom. The van der Waals surface area contributed by atoms with E-state index >= 15 is 0 Å². The molecule has 0 unspecified atom stereocenters. The fourth-order valence-corrected chi connectivity index (χ4v) is 6.90. The van der Waals surface area contributed by atoms with Gasteiger partial charge in [0.1, 0.15) is 11.4 Å². The van der Waals surface area contributed by atoms with E-state index in [1.165, 1.54) is 0 Å². The Balaban J connectivity index is 1.28. The minimum Gasteiger partial charge on any atom is -0.480 e. The zero-order valence-corrected chi connectivity index (χ0v) is 27.8. The fourth-order valence-electron chi connectivity index (χ4n) is 6.25. The van der Waals surface area contributed by atoms with E-state index in [0.717, 1.165) is 24.2 Å². The number of ether oxygens (including phenoxy) is 2. The lowest BCUT2D eigenvalue weighted by Crippen LogP contribution is -2.22. The molecule has 2 saturated heterocycles. The Hall–Kier alpha value is -3.38. The molecule has 4 atom stereocenters. The zero-order chi connectivity index (χ0) is 32.5. The van der Waals surface area contributed by atoms with E-state index in [1.54, 1.807) is 26.6 Å². The SMILES string of the molecule is COc1nc(-c2cccc(-c3cccc(-c4cnc(CN5C[C@H](C)[C@@H](O)C5)c(OC)n4)c3Cl)c2Cl)cnc1CN1C[C@H](C)[C@@H](O)C1. The highest BCUT2D eigenvalue weighted by molar-refractivity contribution is 6.39. The number of aliphatic hydroxyl groups excluding tert-OH is 2. The largest absolute Gasteiger partial charge is 0.480 e. The molecule has 4 aromatic rings. The first-order chi connectivity index (χ1) is 22.2. The highest BCUT2D eigenvalue weighted by Gasteiger charge is 2.30. The summed E-state index contributed by atoms with van der Waals surface area (Å²) in [6.45, 7) is 7.89. The molecular formula is C34H38Cl2N6O4. The van der Waals surface area contributed by atoms with Gasteiger partial charge in [-0.25, -0.2) is 9.97 Å². The molecule has 0 radical (unpaired) electrons. The van der Waals surface area contributed by atoms with Gasteiger partial charge in [0, 0.05) is 61.5 Å². The number of aromatic nitrogens is 4. The van der Waals surface area contributed by atoms with Crippen LogP contribution in [0.15, 0.2) is 48.8 Å². The lowest BCUT2D eigenvalue weighted by molar-refractivity contribution is 0.147. The third-order valence-corrected chi connectivity index (χ3v) is 9.71. The Morgan fingerprint density at radius 1 is 0.674 bits per heavy atom.